The van der Waals surface area contributed by atoms with Crippen LogP contribution in [0.4, 0.5) is 4.79 Å². The zero-order valence-corrected chi connectivity index (χ0v) is 29.8. The van der Waals surface area contributed by atoms with Gasteiger partial charge in [0.05, 0.1) is 30.5 Å². The second kappa shape index (κ2) is 22.3. The summed E-state index contributed by atoms with van der Waals surface area (Å²) in [4.78, 5) is 37.2. The van der Waals surface area contributed by atoms with Gasteiger partial charge < -0.3 is 29.2 Å². The summed E-state index contributed by atoms with van der Waals surface area (Å²) in [5, 5.41) is 21.6. The molecule has 1 saturated carbocycles. The van der Waals surface area contributed by atoms with E-state index in [0.717, 1.165) is 5.56 Å². The predicted octanol–water partition coefficient (Wildman–Crippen LogP) is 7.23. The van der Waals surface area contributed by atoms with Gasteiger partial charge in [0.2, 0.25) is 0 Å². The summed E-state index contributed by atoms with van der Waals surface area (Å²) in [6, 6.07) is 15.9. The molecule has 0 aliphatic heterocycles. The summed E-state index contributed by atoms with van der Waals surface area (Å²) in [7, 11) is 0. The molecule has 5 atom stereocenters. The van der Waals surface area contributed by atoms with Crippen LogP contribution in [0.5, 0.6) is 5.75 Å². The first-order valence-corrected chi connectivity index (χ1v) is 17.9. The Labute approximate surface area is 302 Å². The highest BCUT2D eigenvalue weighted by molar-refractivity contribution is 5.89. The maximum Gasteiger partial charge on any atom is 0.514 e. The Balaban J connectivity index is 1.56. The molecule has 0 radical (unpaired) electrons. The van der Waals surface area contributed by atoms with Gasteiger partial charge >= 0.3 is 18.1 Å². The average molecular weight is 701 g/mol. The quantitative estimate of drug-likeness (QED) is 0.0367. The molecule has 2 N–H and O–H groups in total. The molecule has 1 fully saturated rings. The highest BCUT2D eigenvalue weighted by Gasteiger charge is 2.41. The number of allylic oxidation sites excluding steroid dienone is 2. The molecular weight excluding hydrogens is 648 g/mol. The van der Waals surface area contributed by atoms with Crippen LogP contribution in [0.25, 0.3) is 0 Å². The van der Waals surface area contributed by atoms with Gasteiger partial charge in [-0.05, 0) is 107 Å². The van der Waals surface area contributed by atoms with E-state index in [0.29, 0.717) is 70.6 Å². The third kappa shape index (κ3) is 15.1. The lowest BCUT2D eigenvalue weighted by atomic mass is 9.85. The Kier molecular flexibility index (Phi) is 17.9. The minimum absolute atomic E-state index is 0.106. The summed E-state index contributed by atoms with van der Waals surface area (Å²) in [5.74, 6) is 4.08. The van der Waals surface area contributed by atoms with Crippen molar-refractivity contribution in [2.75, 3.05) is 6.61 Å². The highest BCUT2D eigenvalue weighted by atomic mass is 16.7. The summed E-state index contributed by atoms with van der Waals surface area (Å²) in [5.41, 5.74) is 1.38. The molecule has 0 spiro atoms. The number of benzene rings is 2. The minimum atomic E-state index is -0.876. The summed E-state index contributed by atoms with van der Waals surface area (Å²) >= 11 is 0. The maximum absolute atomic E-state index is 13.0. The number of aliphatic hydroxyl groups is 2. The number of hydrogen-bond acceptors (Lipinski definition) is 9. The van der Waals surface area contributed by atoms with Gasteiger partial charge in [0.25, 0.3) is 0 Å². The summed E-state index contributed by atoms with van der Waals surface area (Å²) in [6.45, 7) is 3.75. The van der Waals surface area contributed by atoms with Crippen LogP contribution in [-0.2, 0) is 25.4 Å². The van der Waals surface area contributed by atoms with E-state index in [-0.39, 0.29) is 47.7 Å². The van der Waals surface area contributed by atoms with Crippen molar-refractivity contribution in [2.45, 2.75) is 109 Å². The number of carbonyl (C=O) groups excluding carboxylic acids is 3. The second-order valence-corrected chi connectivity index (χ2v) is 13.3. The van der Waals surface area contributed by atoms with E-state index < -0.39 is 30.4 Å². The van der Waals surface area contributed by atoms with Crippen molar-refractivity contribution < 1.29 is 43.5 Å². The van der Waals surface area contributed by atoms with E-state index in [2.05, 4.69) is 11.8 Å². The Morgan fingerprint density at radius 3 is 2.25 bits per heavy atom. The highest BCUT2D eigenvalue weighted by Crippen LogP contribution is 2.39. The zero-order valence-electron chi connectivity index (χ0n) is 29.8. The van der Waals surface area contributed by atoms with Crippen LogP contribution in [0.3, 0.4) is 0 Å². The van der Waals surface area contributed by atoms with Crippen molar-refractivity contribution >= 4 is 18.1 Å². The topological polar surface area (TPSA) is 129 Å². The van der Waals surface area contributed by atoms with Crippen molar-refractivity contribution in [2.24, 2.45) is 17.8 Å². The van der Waals surface area contributed by atoms with Crippen molar-refractivity contribution in [1.29, 1.82) is 0 Å². The van der Waals surface area contributed by atoms with Crippen LogP contribution in [0.15, 0.2) is 66.7 Å². The van der Waals surface area contributed by atoms with E-state index >= 15 is 0 Å². The fourth-order valence-electron chi connectivity index (χ4n) is 6.29. The molecule has 274 valence electrons. The molecule has 0 saturated heterocycles. The molecule has 0 bridgehead atoms. The molecular formula is C42H52O9. The van der Waals surface area contributed by atoms with Crippen molar-refractivity contribution in [3.05, 3.63) is 77.9 Å². The molecule has 0 heterocycles. The fourth-order valence-corrected chi connectivity index (χ4v) is 6.29. The number of esters is 2. The lowest BCUT2D eigenvalue weighted by molar-refractivity contribution is -0.147. The van der Waals surface area contributed by atoms with Crippen LogP contribution in [0.2, 0.25) is 0 Å². The van der Waals surface area contributed by atoms with Gasteiger partial charge in [-0.1, -0.05) is 42.5 Å². The molecule has 9 heteroatoms. The van der Waals surface area contributed by atoms with Gasteiger partial charge in [-0.3, -0.25) is 4.79 Å². The van der Waals surface area contributed by atoms with Gasteiger partial charge in [-0.15, -0.1) is 24.7 Å². The van der Waals surface area contributed by atoms with E-state index in [1.807, 2.05) is 56.3 Å². The van der Waals surface area contributed by atoms with Gasteiger partial charge in [-0.25, -0.2) is 9.59 Å². The largest absolute Gasteiger partial charge is 0.514 e. The van der Waals surface area contributed by atoms with Crippen LogP contribution in [-0.4, -0.2) is 59.3 Å². The molecule has 51 heavy (non-hydrogen) atoms. The predicted molar refractivity (Wildman–Crippen MR) is 194 cm³/mol. The number of aliphatic hydroxyl groups excluding tert-OH is 2. The van der Waals surface area contributed by atoms with Gasteiger partial charge in [0.1, 0.15) is 11.9 Å². The molecule has 2 aromatic rings. The number of ether oxygens (including phenoxy) is 4. The number of carbonyl (C=O) groups is 3. The Bertz CT molecular complexity index is 1450. The lowest BCUT2D eigenvalue weighted by Gasteiger charge is -2.25. The van der Waals surface area contributed by atoms with Crippen LogP contribution >= 0.6 is 0 Å². The van der Waals surface area contributed by atoms with Crippen molar-refractivity contribution in [1.82, 2.24) is 0 Å². The average Bonchev–Trinajstić information content (AvgIpc) is 3.37. The number of rotatable bonds is 20. The SMILES string of the molecule is C#CCC(CC#C)COC(=O)c1ccc(OC(=O)O[C@@H](CCc2ccccc2)CC[C@@H]2[C@@H](C/C=C\CCCC(=O)OC(C)C)[C@@H](O)C[C@@H]2O)cc1. The van der Waals surface area contributed by atoms with E-state index in [9.17, 15) is 24.6 Å². The second-order valence-electron chi connectivity index (χ2n) is 13.3. The lowest BCUT2D eigenvalue weighted by Crippen LogP contribution is -2.26. The van der Waals surface area contributed by atoms with E-state index in [1.54, 1.807) is 0 Å². The number of aryl methyl sites for hydroxylation is 1. The van der Waals surface area contributed by atoms with Gasteiger partial charge in [0, 0.05) is 25.2 Å². The van der Waals surface area contributed by atoms with Crippen LogP contribution in [0, 0.1) is 42.4 Å². The van der Waals surface area contributed by atoms with Crippen LogP contribution < -0.4 is 4.74 Å². The number of terminal acetylenes is 2. The first-order chi connectivity index (χ1) is 24.6. The zero-order chi connectivity index (χ0) is 37.0. The summed E-state index contributed by atoms with van der Waals surface area (Å²) < 4.78 is 21.8. The maximum atomic E-state index is 13.0. The standard InChI is InChI=1S/C42H52O9/c1-5-14-32(15-6-2)29-48-41(46)33-21-24-35(25-22-33)51-42(47)50-34(23-20-31-16-10-9-11-17-31)26-27-37-36(38(43)28-39(37)44)18-12-7-8-13-19-40(45)49-30(3)4/h1-2,7,9-12,16-17,21-22,24-25,30,32,34,36-39,43-44H,8,13-15,18-20,23,26-29H2,3-4H3/b12-7-/t34-,36+,37+,38-,39-/m0/s1. The van der Waals surface area contributed by atoms with Gasteiger partial charge in [0.15, 0.2) is 0 Å². The third-order valence-corrected chi connectivity index (χ3v) is 8.95. The molecule has 1 aliphatic carbocycles. The first-order valence-electron chi connectivity index (χ1n) is 17.9. The monoisotopic (exact) mass is 700 g/mol. The molecule has 2 aromatic carbocycles. The Morgan fingerprint density at radius 1 is 0.902 bits per heavy atom. The molecule has 1 aliphatic rings. The molecule has 0 amide bonds. The van der Waals surface area contributed by atoms with Crippen molar-refractivity contribution in [3.8, 4) is 30.4 Å². The number of hydrogen-bond donors (Lipinski definition) is 2. The van der Waals surface area contributed by atoms with E-state index in [1.165, 1.54) is 24.3 Å². The van der Waals surface area contributed by atoms with Gasteiger partial charge in [-0.2, -0.15) is 0 Å². The molecule has 0 unspecified atom stereocenters. The van der Waals surface area contributed by atoms with E-state index in [4.69, 9.17) is 31.8 Å². The van der Waals surface area contributed by atoms with Crippen LogP contribution in [0.1, 0.15) is 94.0 Å². The Hall–Kier alpha value is -4.57. The molecule has 0 aromatic heterocycles. The molecule has 9 nitrogen and oxygen atoms in total. The summed E-state index contributed by atoms with van der Waals surface area (Å²) in [6.07, 6.45) is 17.6. The first kappa shape index (κ1) is 40.9. The van der Waals surface area contributed by atoms with Crippen molar-refractivity contribution in [3.63, 3.8) is 0 Å². The normalized spacial score (nSPS) is 19.0. The number of unbranched alkanes of at least 4 members (excludes halogenated alkanes) is 1. The smallest absolute Gasteiger partial charge is 0.463 e. The molecule has 3 rings (SSSR count). The Morgan fingerprint density at radius 2 is 1.59 bits per heavy atom. The third-order valence-electron chi connectivity index (χ3n) is 8.95. The minimum Gasteiger partial charge on any atom is -0.463 e. The fraction of sp³-hybridized carbons (Fsp3) is 0.500.